The molecule has 0 spiro atoms. The van der Waals surface area contributed by atoms with Crippen LogP contribution in [0.15, 0.2) is 47.4 Å². The SMILES string of the molecule is CC(=O)N1c2ccc(S(=O)(=O)N3CCC(C(=O)NCc4ccccc4Cl)CC3)cc2C[C@H]1C. The van der Waals surface area contributed by atoms with E-state index in [0.29, 0.717) is 43.9 Å². The lowest BCUT2D eigenvalue weighted by atomic mass is 9.97. The Morgan fingerprint density at radius 1 is 1.12 bits per heavy atom. The number of halogens is 1. The van der Waals surface area contributed by atoms with E-state index in [9.17, 15) is 18.0 Å². The normalized spacial score (nSPS) is 19.4. The van der Waals surface area contributed by atoms with E-state index in [4.69, 9.17) is 11.6 Å². The van der Waals surface area contributed by atoms with Crippen LogP contribution in [0.25, 0.3) is 0 Å². The van der Waals surface area contributed by atoms with Crippen molar-refractivity contribution in [1.82, 2.24) is 9.62 Å². The highest BCUT2D eigenvalue weighted by atomic mass is 35.5. The molecule has 2 aliphatic heterocycles. The third-order valence-electron chi connectivity index (χ3n) is 6.48. The van der Waals surface area contributed by atoms with Gasteiger partial charge in [-0.05, 0) is 61.6 Å². The first-order chi connectivity index (χ1) is 15.7. The Kier molecular flexibility index (Phi) is 6.79. The van der Waals surface area contributed by atoms with Crippen molar-refractivity contribution < 1.29 is 18.0 Å². The number of sulfonamides is 1. The highest BCUT2D eigenvalue weighted by Gasteiger charge is 2.34. The van der Waals surface area contributed by atoms with E-state index in [-0.39, 0.29) is 28.7 Å². The number of carbonyl (C=O) groups is 2. The zero-order valence-corrected chi connectivity index (χ0v) is 20.3. The van der Waals surface area contributed by atoms with Crippen LogP contribution in [-0.2, 0) is 32.6 Å². The van der Waals surface area contributed by atoms with Gasteiger partial charge in [0.2, 0.25) is 21.8 Å². The van der Waals surface area contributed by atoms with Crippen LogP contribution in [-0.4, -0.2) is 43.7 Å². The van der Waals surface area contributed by atoms with Gasteiger partial charge in [-0.25, -0.2) is 8.42 Å². The summed E-state index contributed by atoms with van der Waals surface area (Å²) >= 11 is 6.14. The highest BCUT2D eigenvalue weighted by Crippen LogP contribution is 2.35. The molecule has 2 heterocycles. The van der Waals surface area contributed by atoms with Gasteiger partial charge >= 0.3 is 0 Å². The fraction of sp³-hybridized carbons (Fsp3) is 0.417. The summed E-state index contributed by atoms with van der Waals surface area (Å²) in [6.45, 7) is 4.41. The number of rotatable bonds is 5. The maximum atomic E-state index is 13.2. The lowest BCUT2D eigenvalue weighted by Crippen LogP contribution is -2.42. The van der Waals surface area contributed by atoms with Crippen LogP contribution < -0.4 is 10.2 Å². The molecular weight excluding hydrogens is 462 g/mol. The second-order valence-corrected chi connectivity index (χ2v) is 11.1. The van der Waals surface area contributed by atoms with Gasteiger partial charge in [-0.3, -0.25) is 9.59 Å². The van der Waals surface area contributed by atoms with Crippen LogP contribution in [0.5, 0.6) is 0 Å². The van der Waals surface area contributed by atoms with Crippen molar-refractivity contribution in [2.45, 2.75) is 50.6 Å². The zero-order chi connectivity index (χ0) is 23.8. The van der Waals surface area contributed by atoms with Crippen LogP contribution in [0.2, 0.25) is 5.02 Å². The van der Waals surface area contributed by atoms with Crippen molar-refractivity contribution >= 4 is 39.1 Å². The molecule has 0 aliphatic carbocycles. The van der Waals surface area contributed by atoms with Crippen LogP contribution >= 0.6 is 11.6 Å². The number of fused-ring (bicyclic) bond motifs is 1. The van der Waals surface area contributed by atoms with E-state index in [0.717, 1.165) is 16.8 Å². The smallest absolute Gasteiger partial charge is 0.243 e. The first-order valence-corrected chi connectivity index (χ1v) is 12.9. The molecule has 7 nitrogen and oxygen atoms in total. The zero-order valence-electron chi connectivity index (χ0n) is 18.8. The number of carbonyl (C=O) groups excluding carboxylic acids is 2. The maximum absolute atomic E-state index is 13.2. The number of hydrogen-bond donors (Lipinski definition) is 1. The van der Waals surface area contributed by atoms with Crippen molar-refractivity contribution in [2.24, 2.45) is 5.92 Å². The predicted molar refractivity (Wildman–Crippen MR) is 128 cm³/mol. The Morgan fingerprint density at radius 3 is 2.48 bits per heavy atom. The molecule has 4 rings (SSSR count). The lowest BCUT2D eigenvalue weighted by molar-refractivity contribution is -0.126. The molecule has 1 N–H and O–H groups in total. The average Bonchev–Trinajstić information content (AvgIpc) is 3.13. The molecule has 9 heteroatoms. The number of anilines is 1. The second kappa shape index (κ2) is 9.44. The second-order valence-electron chi connectivity index (χ2n) is 8.72. The van der Waals surface area contributed by atoms with Gasteiger partial charge in [0.25, 0.3) is 0 Å². The number of hydrogen-bond acceptors (Lipinski definition) is 4. The summed E-state index contributed by atoms with van der Waals surface area (Å²) in [5, 5.41) is 3.52. The first-order valence-electron chi connectivity index (χ1n) is 11.1. The number of amides is 2. The van der Waals surface area contributed by atoms with Gasteiger partial charge in [-0.2, -0.15) is 4.31 Å². The minimum absolute atomic E-state index is 0.00970. The molecule has 0 unspecified atom stereocenters. The van der Waals surface area contributed by atoms with Gasteiger partial charge in [0.1, 0.15) is 0 Å². The van der Waals surface area contributed by atoms with Gasteiger partial charge in [0.15, 0.2) is 0 Å². The summed E-state index contributed by atoms with van der Waals surface area (Å²) in [5.74, 6) is -0.363. The van der Waals surface area contributed by atoms with E-state index < -0.39 is 10.0 Å². The molecule has 2 aliphatic rings. The Bertz CT molecular complexity index is 1180. The number of nitrogens with zero attached hydrogens (tertiary/aromatic N) is 2. The monoisotopic (exact) mass is 489 g/mol. The fourth-order valence-corrected chi connectivity index (χ4v) is 6.45. The Morgan fingerprint density at radius 2 is 1.82 bits per heavy atom. The molecule has 0 aromatic heterocycles. The predicted octanol–water partition coefficient (Wildman–Crippen LogP) is 3.35. The fourth-order valence-electron chi connectivity index (χ4n) is 4.72. The van der Waals surface area contributed by atoms with Crippen molar-refractivity contribution in [3.63, 3.8) is 0 Å². The molecular formula is C24H28ClN3O4S. The van der Waals surface area contributed by atoms with Crippen LogP contribution in [0.1, 0.15) is 37.8 Å². The van der Waals surface area contributed by atoms with Gasteiger partial charge in [-0.1, -0.05) is 29.8 Å². The van der Waals surface area contributed by atoms with Crippen LogP contribution in [0, 0.1) is 5.92 Å². The van der Waals surface area contributed by atoms with Crippen LogP contribution in [0.4, 0.5) is 5.69 Å². The molecule has 1 saturated heterocycles. The Balaban J connectivity index is 1.38. The van der Waals surface area contributed by atoms with Crippen molar-refractivity contribution in [3.8, 4) is 0 Å². The molecule has 2 amide bonds. The molecule has 1 atom stereocenters. The van der Waals surface area contributed by atoms with Gasteiger partial charge in [-0.15, -0.1) is 0 Å². The summed E-state index contributed by atoms with van der Waals surface area (Å²) in [7, 11) is -3.67. The molecule has 2 aromatic carbocycles. The standard InChI is InChI=1S/C24H28ClN3O4S/c1-16-13-20-14-21(7-8-23(20)28(16)17(2)29)33(31,32)27-11-9-18(10-12-27)24(30)26-15-19-5-3-4-6-22(19)25/h3-8,14,16,18H,9-13,15H2,1-2H3,(H,26,30)/t16-/m1/s1. The van der Waals surface area contributed by atoms with E-state index in [1.807, 2.05) is 25.1 Å². The van der Waals surface area contributed by atoms with Crippen molar-refractivity contribution in [2.75, 3.05) is 18.0 Å². The van der Waals surface area contributed by atoms with Gasteiger partial charge < -0.3 is 10.2 Å². The molecule has 176 valence electrons. The van der Waals surface area contributed by atoms with E-state index in [1.54, 1.807) is 29.2 Å². The van der Waals surface area contributed by atoms with Crippen molar-refractivity contribution in [1.29, 1.82) is 0 Å². The average molecular weight is 490 g/mol. The molecule has 0 saturated carbocycles. The molecule has 2 aromatic rings. The molecule has 0 radical (unpaired) electrons. The number of piperidine rings is 1. The highest BCUT2D eigenvalue weighted by molar-refractivity contribution is 7.89. The summed E-state index contributed by atoms with van der Waals surface area (Å²) in [6, 6.07) is 12.3. The lowest BCUT2D eigenvalue weighted by Gasteiger charge is -2.30. The van der Waals surface area contributed by atoms with Gasteiger partial charge in [0.05, 0.1) is 4.90 Å². The topological polar surface area (TPSA) is 86.8 Å². The summed E-state index contributed by atoms with van der Waals surface area (Å²) < 4.78 is 27.9. The minimum atomic E-state index is -3.67. The summed E-state index contributed by atoms with van der Waals surface area (Å²) in [4.78, 5) is 26.5. The summed E-state index contributed by atoms with van der Waals surface area (Å²) in [5.41, 5.74) is 2.50. The molecule has 0 bridgehead atoms. The van der Waals surface area contributed by atoms with Gasteiger partial charge in [0, 0.05) is 49.2 Å². The maximum Gasteiger partial charge on any atom is 0.243 e. The Hall–Kier alpha value is -2.42. The third kappa shape index (κ3) is 4.78. The van der Waals surface area contributed by atoms with Crippen molar-refractivity contribution in [3.05, 3.63) is 58.6 Å². The quantitative estimate of drug-likeness (QED) is 0.697. The summed E-state index contributed by atoms with van der Waals surface area (Å²) in [6.07, 6.45) is 1.56. The van der Waals surface area contributed by atoms with E-state index in [1.165, 1.54) is 11.2 Å². The minimum Gasteiger partial charge on any atom is -0.352 e. The van der Waals surface area contributed by atoms with Crippen LogP contribution in [0.3, 0.4) is 0 Å². The largest absolute Gasteiger partial charge is 0.352 e. The third-order valence-corrected chi connectivity index (χ3v) is 8.74. The molecule has 33 heavy (non-hydrogen) atoms. The van der Waals surface area contributed by atoms with E-state index >= 15 is 0 Å². The van der Waals surface area contributed by atoms with E-state index in [2.05, 4.69) is 5.32 Å². The number of benzene rings is 2. The Labute approximate surface area is 199 Å². The first kappa shape index (κ1) is 23.7. The molecule has 1 fully saturated rings. The number of nitrogens with one attached hydrogen (secondary N) is 1.